The zero-order valence-corrected chi connectivity index (χ0v) is 16.5. The van der Waals surface area contributed by atoms with Crippen molar-refractivity contribution in [2.75, 3.05) is 12.4 Å². The Morgan fingerprint density at radius 1 is 1.50 bits per heavy atom. The standard InChI is InChI=1S/C16H19Cl2N5O2S/c1-10(13-5-4-11(17)7-14(13)18)19-15(24)9-26-16-20-21-22-23(16)8-12-3-2-6-25-12/h4-5,7,10,12H,2-3,6,8-9H2,1H3,(H,19,24). The van der Waals surface area contributed by atoms with Gasteiger partial charge in [-0.3, -0.25) is 4.79 Å². The minimum absolute atomic E-state index is 0.125. The molecule has 0 radical (unpaired) electrons. The topological polar surface area (TPSA) is 81.9 Å². The van der Waals surface area contributed by atoms with Crippen LogP contribution in [0.15, 0.2) is 23.4 Å². The summed E-state index contributed by atoms with van der Waals surface area (Å²) in [6, 6.07) is 5.00. The molecule has 7 nitrogen and oxygen atoms in total. The van der Waals surface area contributed by atoms with Gasteiger partial charge in [-0.05, 0) is 47.9 Å². The summed E-state index contributed by atoms with van der Waals surface area (Å²) in [5.41, 5.74) is 0.817. The summed E-state index contributed by atoms with van der Waals surface area (Å²) < 4.78 is 7.29. The van der Waals surface area contributed by atoms with E-state index in [4.69, 9.17) is 27.9 Å². The number of hydrogen-bond donors (Lipinski definition) is 1. The predicted octanol–water partition coefficient (Wildman–Crippen LogP) is 3.13. The normalized spacial score (nSPS) is 18.0. The molecule has 140 valence electrons. The molecule has 1 saturated heterocycles. The molecular weight excluding hydrogens is 397 g/mol. The van der Waals surface area contributed by atoms with Gasteiger partial charge in [0.15, 0.2) is 0 Å². The van der Waals surface area contributed by atoms with E-state index >= 15 is 0 Å². The van der Waals surface area contributed by atoms with Crippen molar-refractivity contribution in [3.05, 3.63) is 33.8 Å². The molecule has 0 saturated carbocycles. The van der Waals surface area contributed by atoms with E-state index in [0.717, 1.165) is 25.0 Å². The third-order valence-electron chi connectivity index (χ3n) is 4.04. The van der Waals surface area contributed by atoms with Crippen LogP contribution in [0.4, 0.5) is 0 Å². The predicted molar refractivity (Wildman–Crippen MR) is 101 cm³/mol. The quantitative estimate of drug-likeness (QED) is 0.699. The van der Waals surface area contributed by atoms with Gasteiger partial charge < -0.3 is 10.1 Å². The fourth-order valence-electron chi connectivity index (χ4n) is 2.74. The van der Waals surface area contributed by atoms with Gasteiger partial charge in [0.2, 0.25) is 11.1 Å². The molecule has 10 heteroatoms. The van der Waals surface area contributed by atoms with E-state index in [-0.39, 0.29) is 23.8 Å². The first-order chi connectivity index (χ1) is 12.5. The highest BCUT2D eigenvalue weighted by atomic mass is 35.5. The molecule has 1 aromatic carbocycles. The van der Waals surface area contributed by atoms with Crippen molar-refractivity contribution in [3.8, 4) is 0 Å². The van der Waals surface area contributed by atoms with Gasteiger partial charge in [0.25, 0.3) is 0 Å². The summed E-state index contributed by atoms with van der Waals surface area (Å²) in [5.74, 6) is 0.0849. The van der Waals surface area contributed by atoms with Gasteiger partial charge in [-0.15, -0.1) is 5.10 Å². The number of carbonyl (C=O) groups excluding carboxylic acids is 1. The van der Waals surface area contributed by atoms with Crippen LogP contribution in [0.5, 0.6) is 0 Å². The number of halogens is 2. The minimum atomic E-state index is -0.226. The summed E-state index contributed by atoms with van der Waals surface area (Å²) in [4.78, 5) is 12.3. The fourth-order valence-corrected chi connectivity index (χ4v) is 4.01. The second-order valence-electron chi connectivity index (χ2n) is 6.02. The lowest BCUT2D eigenvalue weighted by Gasteiger charge is -2.16. The molecule has 2 unspecified atom stereocenters. The van der Waals surface area contributed by atoms with E-state index in [0.29, 0.717) is 21.7 Å². The van der Waals surface area contributed by atoms with Crippen LogP contribution in [0, 0.1) is 0 Å². The molecule has 0 spiro atoms. The van der Waals surface area contributed by atoms with Gasteiger partial charge in [-0.25, -0.2) is 4.68 Å². The maximum Gasteiger partial charge on any atom is 0.230 e. The highest BCUT2D eigenvalue weighted by Crippen LogP contribution is 2.26. The van der Waals surface area contributed by atoms with Crippen molar-refractivity contribution < 1.29 is 9.53 Å². The third kappa shape index (κ3) is 5.09. The van der Waals surface area contributed by atoms with Gasteiger partial charge in [0, 0.05) is 16.7 Å². The lowest BCUT2D eigenvalue weighted by atomic mass is 10.1. The Morgan fingerprint density at radius 3 is 3.08 bits per heavy atom. The van der Waals surface area contributed by atoms with Crippen LogP contribution in [0.2, 0.25) is 10.0 Å². The number of thioether (sulfide) groups is 1. The molecule has 1 aliphatic heterocycles. The lowest BCUT2D eigenvalue weighted by molar-refractivity contribution is -0.119. The van der Waals surface area contributed by atoms with Gasteiger partial charge in [-0.2, -0.15) is 0 Å². The Balaban J connectivity index is 1.52. The number of nitrogens with one attached hydrogen (secondary N) is 1. The number of ether oxygens (including phenoxy) is 1. The average molecular weight is 416 g/mol. The van der Waals surface area contributed by atoms with Crippen LogP contribution in [0.25, 0.3) is 0 Å². The monoisotopic (exact) mass is 415 g/mol. The Kier molecular flexibility index (Phi) is 6.74. The maximum atomic E-state index is 12.3. The second kappa shape index (κ2) is 9.03. The number of tetrazole rings is 1. The van der Waals surface area contributed by atoms with E-state index in [1.807, 2.05) is 13.0 Å². The molecule has 26 heavy (non-hydrogen) atoms. The number of nitrogens with zero attached hydrogens (tertiary/aromatic N) is 4. The summed E-state index contributed by atoms with van der Waals surface area (Å²) in [6.45, 7) is 3.26. The van der Waals surface area contributed by atoms with Crippen LogP contribution >= 0.6 is 35.0 Å². The third-order valence-corrected chi connectivity index (χ3v) is 5.56. The maximum absolute atomic E-state index is 12.3. The van der Waals surface area contributed by atoms with Crippen LogP contribution in [-0.4, -0.2) is 44.6 Å². The molecule has 0 aliphatic carbocycles. The molecule has 1 N–H and O–H groups in total. The second-order valence-corrected chi connectivity index (χ2v) is 7.81. The first-order valence-corrected chi connectivity index (χ1v) is 10.0. The molecule has 1 amide bonds. The zero-order chi connectivity index (χ0) is 18.5. The van der Waals surface area contributed by atoms with Crippen LogP contribution in [0.1, 0.15) is 31.4 Å². The number of hydrogen-bond acceptors (Lipinski definition) is 6. The van der Waals surface area contributed by atoms with Crippen LogP contribution in [-0.2, 0) is 16.1 Å². The van der Waals surface area contributed by atoms with Crippen molar-refractivity contribution >= 4 is 40.9 Å². The SMILES string of the molecule is CC(NC(=O)CSc1nnnn1CC1CCCO1)c1ccc(Cl)cc1Cl. The molecule has 0 bridgehead atoms. The summed E-state index contributed by atoms with van der Waals surface area (Å²) in [7, 11) is 0. The number of carbonyl (C=O) groups is 1. The summed E-state index contributed by atoms with van der Waals surface area (Å²) in [5, 5.41) is 16.3. The average Bonchev–Trinajstić information content (AvgIpc) is 3.25. The van der Waals surface area contributed by atoms with Crippen molar-refractivity contribution in [3.63, 3.8) is 0 Å². The molecule has 3 rings (SSSR count). The zero-order valence-electron chi connectivity index (χ0n) is 14.2. The molecule has 1 aromatic heterocycles. The van der Waals surface area contributed by atoms with Crippen molar-refractivity contribution in [2.45, 2.75) is 43.6 Å². The fraction of sp³-hybridized carbons (Fsp3) is 0.500. The van der Waals surface area contributed by atoms with Crippen LogP contribution < -0.4 is 5.32 Å². The number of aromatic nitrogens is 4. The van der Waals surface area contributed by atoms with Crippen molar-refractivity contribution in [1.29, 1.82) is 0 Å². The number of benzene rings is 1. The molecule has 2 atom stereocenters. The van der Waals surface area contributed by atoms with E-state index in [1.165, 1.54) is 11.8 Å². The van der Waals surface area contributed by atoms with Gasteiger partial charge >= 0.3 is 0 Å². The minimum Gasteiger partial charge on any atom is -0.376 e. The van der Waals surface area contributed by atoms with Gasteiger partial charge in [0.1, 0.15) is 0 Å². The first kappa shape index (κ1) is 19.4. The van der Waals surface area contributed by atoms with Crippen molar-refractivity contribution in [2.24, 2.45) is 0 Å². The van der Waals surface area contributed by atoms with Crippen LogP contribution in [0.3, 0.4) is 0 Å². The highest BCUT2D eigenvalue weighted by molar-refractivity contribution is 7.99. The Hall–Kier alpha value is -1.35. The smallest absolute Gasteiger partial charge is 0.230 e. The van der Waals surface area contributed by atoms with Gasteiger partial charge in [-0.1, -0.05) is 41.0 Å². The molecule has 2 aromatic rings. The molecular formula is C16H19Cl2N5O2S. The van der Waals surface area contributed by atoms with E-state index in [1.54, 1.807) is 16.8 Å². The Bertz CT molecular complexity index is 767. The first-order valence-electron chi connectivity index (χ1n) is 8.28. The molecule has 1 fully saturated rings. The Morgan fingerprint density at radius 2 is 2.35 bits per heavy atom. The molecule has 2 heterocycles. The lowest BCUT2D eigenvalue weighted by Crippen LogP contribution is -2.28. The Labute approximate surface area is 165 Å². The van der Waals surface area contributed by atoms with E-state index in [2.05, 4.69) is 20.8 Å². The summed E-state index contributed by atoms with van der Waals surface area (Å²) >= 11 is 13.4. The largest absolute Gasteiger partial charge is 0.376 e. The number of rotatable bonds is 7. The van der Waals surface area contributed by atoms with Crippen molar-refractivity contribution in [1.82, 2.24) is 25.5 Å². The van der Waals surface area contributed by atoms with E-state index in [9.17, 15) is 4.79 Å². The molecule has 1 aliphatic rings. The van der Waals surface area contributed by atoms with Gasteiger partial charge in [0.05, 0.1) is 24.4 Å². The summed E-state index contributed by atoms with van der Waals surface area (Å²) in [6.07, 6.45) is 2.20. The van der Waals surface area contributed by atoms with E-state index < -0.39 is 0 Å². The number of amides is 1. The highest BCUT2D eigenvalue weighted by Gasteiger charge is 2.20.